The molecule has 6 heteroatoms. The standard InChI is InChI=1S/C21H29N3O2S/c1-23(2)18(20-10-7-13-27-20)15-22-14-17-8-3-4-9-19(17)26-16-21(25)24-11-5-6-12-24/h3-4,7-10,13,18,22H,5-6,11-12,14-16H2,1-2H3. The Balaban J connectivity index is 1.53. The maximum absolute atomic E-state index is 12.2. The molecule has 1 aromatic carbocycles. The number of thiophene rings is 1. The molecule has 3 rings (SSSR count). The quantitative estimate of drug-likeness (QED) is 0.718. The normalized spacial score (nSPS) is 15.3. The molecule has 2 heterocycles. The largest absolute Gasteiger partial charge is 0.483 e. The fraction of sp³-hybridized carbons (Fsp3) is 0.476. The summed E-state index contributed by atoms with van der Waals surface area (Å²) in [5, 5.41) is 5.66. The van der Waals surface area contributed by atoms with Gasteiger partial charge in [0, 0.05) is 36.6 Å². The van der Waals surface area contributed by atoms with Gasteiger partial charge < -0.3 is 19.9 Å². The molecule has 1 aliphatic rings. The van der Waals surface area contributed by atoms with E-state index in [-0.39, 0.29) is 12.5 Å². The Morgan fingerprint density at radius 2 is 2.00 bits per heavy atom. The topological polar surface area (TPSA) is 44.8 Å². The number of amides is 1. The van der Waals surface area contributed by atoms with Crippen LogP contribution in [0.25, 0.3) is 0 Å². The number of carbonyl (C=O) groups excluding carboxylic acids is 1. The highest BCUT2D eigenvalue weighted by molar-refractivity contribution is 7.10. The second kappa shape index (κ2) is 9.88. The molecule has 1 aromatic heterocycles. The van der Waals surface area contributed by atoms with Crippen LogP contribution in [-0.4, -0.2) is 56.0 Å². The predicted octanol–water partition coefficient (Wildman–Crippen LogP) is 3.14. The molecule has 0 radical (unpaired) electrons. The molecular weight excluding hydrogens is 358 g/mol. The van der Waals surface area contributed by atoms with Gasteiger partial charge in [0.2, 0.25) is 0 Å². The molecule has 1 N–H and O–H groups in total. The minimum atomic E-state index is 0.0839. The van der Waals surface area contributed by atoms with Gasteiger partial charge in [-0.05, 0) is 44.4 Å². The van der Waals surface area contributed by atoms with Gasteiger partial charge in [0.1, 0.15) is 5.75 Å². The molecular formula is C21H29N3O2S. The summed E-state index contributed by atoms with van der Waals surface area (Å²) in [6.07, 6.45) is 2.20. The van der Waals surface area contributed by atoms with Gasteiger partial charge in [-0.3, -0.25) is 4.79 Å². The fourth-order valence-electron chi connectivity index (χ4n) is 3.35. The molecule has 5 nitrogen and oxygen atoms in total. The van der Waals surface area contributed by atoms with E-state index < -0.39 is 0 Å². The first-order valence-corrected chi connectivity index (χ1v) is 10.4. The number of rotatable bonds is 9. The van der Waals surface area contributed by atoms with Gasteiger partial charge in [-0.15, -0.1) is 11.3 Å². The van der Waals surface area contributed by atoms with E-state index in [1.165, 1.54) is 4.88 Å². The van der Waals surface area contributed by atoms with Crippen LogP contribution in [0.4, 0.5) is 0 Å². The number of para-hydroxylation sites is 1. The van der Waals surface area contributed by atoms with Crippen molar-refractivity contribution >= 4 is 17.2 Å². The van der Waals surface area contributed by atoms with E-state index >= 15 is 0 Å². The molecule has 146 valence electrons. The van der Waals surface area contributed by atoms with Crippen molar-refractivity contribution in [3.63, 3.8) is 0 Å². The zero-order valence-electron chi connectivity index (χ0n) is 16.2. The summed E-state index contributed by atoms with van der Waals surface area (Å²) in [7, 11) is 4.21. The third-order valence-electron chi connectivity index (χ3n) is 4.93. The lowest BCUT2D eigenvalue weighted by Crippen LogP contribution is -2.32. The van der Waals surface area contributed by atoms with Crippen LogP contribution in [-0.2, 0) is 11.3 Å². The molecule has 2 aromatic rings. The monoisotopic (exact) mass is 387 g/mol. The molecule has 1 atom stereocenters. The molecule has 27 heavy (non-hydrogen) atoms. The van der Waals surface area contributed by atoms with Crippen molar-refractivity contribution in [3.8, 4) is 5.75 Å². The SMILES string of the molecule is CN(C)C(CNCc1ccccc1OCC(=O)N1CCCC1)c1cccs1. The minimum Gasteiger partial charge on any atom is -0.483 e. The molecule has 0 bridgehead atoms. The van der Waals surface area contributed by atoms with E-state index in [2.05, 4.69) is 47.9 Å². The van der Waals surface area contributed by atoms with Crippen LogP contribution in [0.1, 0.15) is 29.3 Å². The maximum Gasteiger partial charge on any atom is 0.260 e. The minimum absolute atomic E-state index is 0.0839. The summed E-state index contributed by atoms with van der Waals surface area (Å²) < 4.78 is 5.85. The van der Waals surface area contributed by atoms with Crippen molar-refractivity contribution < 1.29 is 9.53 Å². The van der Waals surface area contributed by atoms with Crippen LogP contribution >= 0.6 is 11.3 Å². The van der Waals surface area contributed by atoms with E-state index in [1.54, 1.807) is 11.3 Å². The van der Waals surface area contributed by atoms with Crippen molar-refractivity contribution in [2.75, 3.05) is 40.3 Å². The molecule has 1 fully saturated rings. The first-order valence-electron chi connectivity index (χ1n) is 9.54. The van der Waals surface area contributed by atoms with Crippen molar-refractivity contribution in [2.24, 2.45) is 0 Å². The number of carbonyl (C=O) groups is 1. The van der Waals surface area contributed by atoms with Gasteiger partial charge >= 0.3 is 0 Å². The number of likely N-dealkylation sites (N-methyl/N-ethyl adjacent to an activating group) is 1. The van der Waals surface area contributed by atoms with Crippen LogP contribution in [0.2, 0.25) is 0 Å². The van der Waals surface area contributed by atoms with Crippen molar-refractivity contribution in [1.82, 2.24) is 15.1 Å². The zero-order valence-corrected chi connectivity index (χ0v) is 17.0. The number of hydrogen-bond acceptors (Lipinski definition) is 5. The number of nitrogens with zero attached hydrogens (tertiary/aromatic N) is 2. The van der Waals surface area contributed by atoms with Crippen LogP contribution in [0, 0.1) is 0 Å². The lowest BCUT2D eigenvalue weighted by Gasteiger charge is -2.24. The van der Waals surface area contributed by atoms with Gasteiger partial charge in [-0.25, -0.2) is 0 Å². The summed E-state index contributed by atoms with van der Waals surface area (Å²) in [4.78, 5) is 17.7. The summed E-state index contributed by atoms with van der Waals surface area (Å²) in [5.41, 5.74) is 1.08. The van der Waals surface area contributed by atoms with Gasteiger partial charge in [-0.1, -0.05) is 24.3 Å². The molecule has 1 amide bonds. The first kappa shape index (κ1) is 19.9. The highest BCUT2D eigenvalue weighted by atomic mass is 32.1. The Morgan fingerprint density at radius 3 is 2.70 bits per heavy atom. The van der Waals surface area contributed by atoms with Crippen molar-refractivity contribution in [3.05, 3.63) is 52.2 Å². The molecule has 1 unspecified atom stereocenters. The third kappa shape index (κ3) is 5.54. The second-order valence-electron chi connectivity index (χ2n) is 7.11. The number of likely N-dealkylation sites (tertiary alicyclic amines) is 1. The van der Waals surface area contributed by atoms with Gasteiger partial charge in [-0.2, -0.15) is 0 Å². The number of nitrogens with one attached hydrogen (secondary N) is 1. The molecule has 0 spiro atoms. The van der Waals surface area contributed by atoms with Gasteiger partial charge in [0.25, 0.3) is 5.91 Å². The van der Waals surface area contributed by atoms with E-state index in [0.717, 1.165) is 43.8 Å². The lowest BCUT2D eigenvalue weighted by molar-refractivity contribution is -0.132. The molecule has 1 aliphatic heterocycles. The first-order chi connectivity index (χ1) is 13.1. The van der Waals surface area contributed by atoms with Gasteiger partial charge in [0.15, 0.2) is 6.61 Å². The van der Waals surface area contributed by atoms with E-state index in [9.17, 15) is 4.79 Å². The smallest absolute Gasteiger partial charge is 0.260 e. The summed E-state index contributed by atoms with van der Waals surface area (Å²) in [6.45, 7) is 3.41. The number of ether oxygens (including phenoxy) is 1. The third-order valence-corrected chi connectivity index (χ3v) is 5.90. The second-order valence-corrected chi connectivity index (χ2v) is 8.09. The highest BCUT2D eigenvalue weighted by Crippen LogP contribution is 2.23. The Hall–Kier alpha value is -1.89. The van der Waals surface area contributed by atoms with Crippen LogP contribution < -0.4 is 10.1 Å². The Bertz CT molecular complexity index is 712. The van der Waals surface area contributed by atoms with Crippen LogP contribution in [0.15, 0.2) is 41.8 Å². The number of hydrogen-bond donors (Lipinski definition) is 1. The predicted molar refractivity (Wildman–Crippen MR) is 110 cm³/mol. The van der Waals surface area contributed by atoms with Crippen LogP contribution in [0.3, 0.4) is 0 Å². The molecule has 0 saturated carbocycles. The van der Waals surface area contributed by atoms with E-state index in [4.69, 9.17) is 4.74 Å². The van der Waals surface area contributed by atoms with Crippen molar-refractivity contribution in [2.45, 2.75) is 25.4 Å². The maximum atomic E-state index is 12.2. The molecule has 1 saturated heterocycles. The number of benzene rings is 1. The Morgan fingerprint density at radius 1 is 1.22 bits per heavy atom. The fourth-order valence-corrected chi connectivity index (χ4v) is 4.27. The average Bonchev–Trinajstić information content (AvgIpc) is 3.37. The summed E-state index contributed by atoms with van der Waals surface area (Å²) in [5.74, 6) is 0.871. The zero-order chi connectivity index (χ0) is 19.1. The summed E-state index contributed by atoms with van der Waals surface area (Å²) in [6, 6.07) is 12.6. The Labute approximate surface area is 165 Å². The summed E-state index contributed by atoms with van der Waals surface area (Å²) >= 11 is 1.78. The molecule has 0 aliphatic carbocycles. The Kier molecular flexibility index (Phi) is 7.26. The van der Waals surface area contributed by atoms with E-state index in [1.807, 2.05) is 23.1 Å². The van der Waals surface area contributed by atoms with Crippen molar-refractivity contribution in [1.29, 1.82) is 0 Å². The van der Waals surface area contributed by atoms with Gasteiger partial charge in [0.05, 0.1) is 6.04 Å². The lowest BCUT2D eigenvalue weighted by atomic mass is 10.2. The van der Waals surface area contributed by atoms with Crippen LogP contribution in [0.5, 0.6) is 5.75 Å². The highest BCUT2D eigenvalue weighted by Gasteiger charge is 2.19. The van der Waals surface area contributed by atoms with E-state index in [0.29, 0.717) is 12.6 Å². The average molecular weight is 388 g/mol.